The van der Waals surface area contributed by atoms with Gasteiger partial charge in [-0.1, -0.05) is 29.8 Å². The lowest BCUT2D eigenvalue weighted by molar-refractivity contribution is -0.119. The van der Waals surface area contributed by atoms with Crippen LogP contribution in [-0.4, -0.2) is 34.8 Å². The van der Waals surface area contributed by atoms with E-state index < -0.39 is 6.03 Å². The number of urea groups is 1. The number of halogens is 1. The van der Waals surface area contributed by atoms with Crippen LogP contribution in [0.4, 0.5) is 10.6 Å². The van der Waals surface area contributed by atoms with Crippen LogP contribution in [0.2, 0.25) is 5.02 Å². The Morgan fingerprint density at radius 1 is 1.33 bits per heavy atom. The van der Waals surface area contributed by atoms with Gasteiger partial charge in [-0.15, -0.1) is 11.7 Å². The summed E-state index contributed by atoms with van der Waals surface area (Å²) in [4.78, 5) is 23.3. The summed E-state index contributed by atoms with van der Waals surface area (Å²) in [5.41, 5.74) is 1.47. The molecule has 1 aromatic carbocycles. The van der Waals surface area contributed by atoms with E-state index in [2.05, 4.69) is 27.6 Å². The average Bonchev–Trinajstić information content (AvgIpc) is 2.92. The summed E-state index contributed by atoms with van der Waals surface area (Å²) in [5, 5.41) is 12.5. The highest BCUT2D eigenvalue weighted by atomic mass is 35.5. The predicted molar refractivity (Wildman–Crippen MR) is 93.5 cm³/mol. The lowest BCUT2D eigenvalue weighted by Crippen LogP contribution is -2.39. The largest absolute Gasteiger partial charge is 0.351 e. The molecule has 0 radical (unpaired) electrons. The zero-order valence-electron chi connectivity index (χ0n) is 13.2. The van der Waals surface area contributed by atoms with Crippen molar-refractivity contribution in [2.45, 2.75) is 6.92 Å². The lowest BCUT2D eigenvalue weighted by Gasteiger charge is -2.06. The van der Waals surface area contributed by atoms with Gasteiger partial charge in [0.15, 0.2) is 5.82 Å². The molecule has 0 saturated carbocycles. The highest BCUT2D eigenvalue weighted by Gasteiger charge is 2.12. The van der Waals surface area contributed by atoms with Crippen molar-refractivity contribution in [2.24, 2.45) is 0 Å². The SMILES string of the molecule is C=CCNC(=O)CNC(=O)Nc1nn(-c2ccccc2Cl)cc1C. The monoisotopic (exact) mass is 347 g/mol. The van der Waals surface area contributed by atoms with Crippen molar-refractivity contribution in [2.75, 3.05) is 18.4 Å². The van der Waals surface area contributed by atoms with Crippen LogP contribution in [-0.2, 0) is 4.79 Å². The van der Waals surface area contributed by atoms with Crippen molar-refractivity contribution in [3.63, 3.8) is 0 Å². The fourth-order valence-corrected chi connectivity index (χ4v) is 2.13. The van der Waals surface area contributed by atoms with Gasteiger partial charge in [0.2, 0.25) is 5.91 Å². The van der Waals surface area contributed by atoms with Gasteiger partial charge in [-0.2, -0.15) is 0 Å². The Labute approximate surface area is 144 Å². The third-order valence-electron chi connectivity index (χ3n) is 3.08. The molecule has 3 amide bonds. The van der Waals surface area contributed by atoms with E-state index in [0.717, 1.165) is 5.56 Å². The highest BCUT2D eigenvalue weighted by Crippen LogP contribution is 2.22. The van der Waals surface area contributed by atoms with Crippen LogP contribution >= 0.6 is 11.6 Å². The van der Waals surface area contributed by atoms with E-state index in [1.54, 1.807) is 23.0 Å². The van der Waals surface area contributed by atoms with E-state index in [1.165, 1.54) is 0 Å². The van der Waals surface area contributed by atoms with Crippen molar-refractivity contribution in [3.8, 4) is 5.69 Å². The molecule has 7 nitrogen and oxygen atoms in total. The smallest absolute Gasteiger partial charge is 0.320 e. The lowest BCUT2D eigenvalue weighted by atomic mass is 10.3. The minimum atomic E-state index is -0.517. The Kier molecular flexibility index (Phi) is 5.97. The topological polar surface area (TPSA) is 88.1 Å². The predicted octanol–water partition coefficient (Wildman–Crippen LogP) is 2.26. The fraction of sp³-hybridized carbons (Fsp3) is 0.188. The molecule has 126 valence electrons. The second-order valence-corrected chi connectivity index (χ2v) is 5.36. The van der Waals surface area contributed by atoms with Gasteiger partial charge >= 0.3 is 6.03 Å². The van der Waals surface area contributed by atoms with Crippen molar-refractivity contribution in [3.05, 3.63) is 53.7 Å². The van der Waals surface area contributed by atoms with Gasteiger partial charge in [-0.3, -0.25) is 10.1 Å². The van der Waals surface area contributed by atoms with Gasteiger partial charge in [-0.05, 0) is 19.1 Å². The molecule has 0 spiro atoms. The number of aromatic nitrogens is 2. The van der Waals surface area contributed by atoms with E-state index in [1.807, 2.05) is 25.1 Å². The maximum absolute atomic E-state index is 11.9. The first kappa shape index (κ1) is 17.6. The number of aryl methyl sites for hydroxylation is 1. The van der Waals surface area contributed by atoms with Crippen LogP contribution in [0.15, 0.2) is 43.1 Å². The Bertz CT molecular complexity index is 757. The number of carbonyl (C=O) groups is 2. The maximum Gasteiger partial charge on any atom is 0.320 e. The van der Waals surface area contributed by atoms with E-state index >= 15 is 0 Å². The van der Waals surface area contributed by atoms with Crippen LogP contribution in [0, 0.1) is 6.92 Å². The Morgan fingerprint density at radius 2 is 2.08 bits per heavy atom. The number of anilines is 1. The molecule has 0 fully saturated rings. The summed E-state index contributed by atoms with van der Waals surface area (Å²) in [7, 11) is 0. The first-order valence-corrected chi connectivity index (χ1v) is 7.62. The third-order valence-corrected chi connectivity index (χ3v) is 3.40. The summed E-state index contributed by atoms with van der Waals surface area (Å²) in [6.07, 6.45) is 3.32. The van der Waals surface area contributed by atoms with Gasteiger partial charge in [0.1, 0.15) is 0 Å². The molecule has 3 N–H and O–H groups in total. The second kappa shape index (κ2) is 8.16. The molecule has 0 aliphatic heterocycles. The molecule has 0 aliphatic rings. The van der Waals surface area contributed by atoms with Gasteiger partial charge in [0.05, 0.1) is 17.3 Å². The maximum atomic E-state index is 11.9. The number of amides is 3. The molecule has 1 aromatic heterocycles. The van der Waals surface area contributed by atoms with Crippen LogP contribution in [0.25, 0.3) is 5.69 Å². The quantitative estimate of drug-likeness (QED) is 0.700. The van der Waals surface area contributed by atoms with Gasteiger partial charge in [0, 0.05) is 18.3 Å². The Morgan fingerprint density at radius 3 is 2.79 bits per heavy atom. The van der Waals surface area contributed by atoms with Crippen molar-refractivity contribution in [1.82, 2.24) is 20.4 Å². The minimum absolute atomic E-state index is 0.135. The molecule has 2 rings (SSSR count). The number of hydrogen-bond donors (Lipinski definition) is 3. The first-order chi connectivity index (χ1) is 11.5. The summed E-state index contributed by atoms with van der Waals surface area (Å²) in [6.45, 7) is 5.52. The average molecular weight is 348 g/mol. The number of para-hydroxylation sites is 1. The zero-order chi connectivity index (χ0) is 17.5. The number of rotatable bonds is 6. The summed E-state index contributed by atoms with van der Waals surface area (Å²) >= 11 is 6.14. The molecule has 2 aromatic rings. The van der Waals surface area contributed by atoms with E-state index in [9.17, 15) is 9.59 Å². The number of benzene rings is 1. The zero-order valence-corrected chi connectivity index (χ0v) is 13.9. The molecule has 0 unspecified atom stereocenters. The molecular weight excluding hydrogens is 330 g/mol. The van der Waals surface area contributed by atoms with Gasteiger partial charge in [0.25, 0.3) is 0 Å². The normalized spacial score (nSPS) is 10.1. The first-order valence-electron chi connectivity index (χ1n) is 7.25. The van der Waals surface area contributed by atoms with Gasteiger partial charge in [-0.25, -0.2) is 9.48 Å². The molecule has 8 heteroatoms. The number of hydrogen-bond acceptors (Lipinski definition) is 3. The summed E-state index contributed by atoms with van der Waals surface area (Å²) in [6, 6.07) is 6.74. The summed E-state index contributed by atoms with van der Waals surface area (Å²) in [5.74, 6) is 0.0855. The molecule has 0 atom stereocenters. The molecule has 0 aliphatic carbocycles. The highest BCUT2D eigenvalue weighted by molar-refractivity contribution is 6.32. The van der Waals surface area contributed by atoms with Gasteiger partial charge < -0.3 is 10.6 Å². The number of nitrogens with one attached hydrogen (secondary N) is 3. The fourth-order valence-electron chi connectivity index (χ4n) is 1.91. The van der Waals surface area contributed by atoms with Crippen molar-refractivity contribution < 1.29 is 9.59 Å². The standard InChI is InChI=1S/C16H18ClN5O2/c1-3-8-18-14(23)9-19-16(24)20-15-11(2)10-22(21-15)13-7-5-4-6-12(13)17/h3-7,10H,1,8-9H2,2H3,(H,18,23)(H2,19,20,21,24). The van der Waals surface area contributed by atoms with E-state index in [-0.39, 0.29) is 12.5 Å². The molecule has 24 heavy (non-hydrogen) atoms. The molecule has 0 saturated heterocycles. The van der Waals surface area contributed by atoms with Crippen LogP contribution < -0.4 is 16.0 Å². The third kappa shape index (κ3) is 4.60. The number of carbonyl (C=O) groups excluding carboxylic acids is 2. The molecule has 0 bridgehead atoms. The van der Waals surface area contributed by atoms with Crippen LogP contribution in [0.5, 0.6) is 0 Å². The van der Waals surface area contributed by atoms with E-state index in [4.69, 9.17) is 11.6 Å². The van der Waals surface area contributed by atoms with Crippen LogP contribution in [0.1, 0.15) is 5.56 Å². The molecular formula is C16H18ClN5O2. The van der Waals surface area contributed by atoms with Crippen molar-refractivity contribution in [1.29, 1.82) is 0 Å². The number of nitrogens with zero attached hydrogens (tertiary/aromatic N) is 2. The summed E-state index contributed by atoms with van der Waals surface area (Å²) < 4.78 is 1.59. The second-order valence-electron chi connectivity index (χ2n) is 4.96. The van der Waals surface area contributed by atoms with Crippen LogP contribution in [0.3, 0.4) is 0 Å². The van der Waals surface area contributed by atoms with Crippen molar-refractivity contribution >= 4 is 29.4 Å². The Balaban J connectivity index is 1.98. The van der Waals surface area contributed by atoms with E-state index in [0.29, 0.717) is 23.1 Å². The molecule has 1 heterocycles. The minimum Gasteiger partial charge on any atom is -0.351 e. The Hall–Kier alpha value is -2.80.